The van der Waals surface area contributed by atoms with Crippen molar-refractivity contribution in [2.75, 3.05) is 5.32 Å². The predicted octanol–water partition coefficient (Wildman–Crippen LogP) is 1.74. The van der Waals surface area contributed by atoms with Gasteiger partial charge in [-0.05, 0) is 31.0 Å². The van der Waals surface area contributed by atoms with Crippen LogP contribution in [-0.2, 0) is 24.3 Å². The summed E-state index contributed by atoms with van der Waals surface area (Å²) in [5.41, 5.74) is 0.388. The molecule has 0 aliphatic carbocycles. The summed E-state index contributed by atoms with van der Waals surface area (Å²) in [6.07, 6.45) is 1.98. The minimum absolute atomic E-state index is 0.134. The molecule has 1 aromatic carbocycles. The van der Waals surface area contributed by atoms with Gasteiger partial charge in [0.1, 0.15) is 12.3 Å². The maximum absolute atomic E-state index is 13.1. The van der Waals surface area contributed by atoms with Gasteiger partial charge in [-0.25, -0.2) is 9.78 Å². The number of fused-ring (bicyclic) bond motifs is 1. The number of aryl methyl sites for hydroxylation is 2. The Kier molecular flexibility index (Phi) is 5.25. The Balaban J connectivity index is 1.70. The molecule has 9 nitrogen and oxygen atoms in total. The smallest absolute Gasteiger partial charge is 0.332 e. The van der Waals surface area contributed by atoms with Gasteiger partial charge in [-0.2, -0.15) is 0 Å². The molecule has 0 radical (unpaired) electrons. The van der Waals surface area contributed by atoms with Crippen molar-refractivity contribution in [3.63, 3.8) is 0 Å². The molecule has 0 bridgehead atoms. The Morgan fingerprint density at radius 3 is 2.63 bits per heavy atom. The van der Waals surface area contributed by atoms with Gasteiger partial charge in [-0.3, -0.25) is 18.7 Å². The summed E-state index contributed by atoms with van der Waals surface area (Å²) in [7, 11) is 0. The van der Waals surface area contributed by atoms with E-state index in [-0.39, 0.29) is 24.4 Å². The molecule has 30 heavy (non-hydrogen) atoms. The Labute approximate surface area is 170 Å². The number of aromatic nitrogens is 4. The van der Waals surface area contributed by atoms with Crippen molar-refractivity contribution >= 4 is 22.8 Å². The lowest BCUT2D eigenvalue weighted by Crippen LogP contribution is -2.42. The number of carbonyl (C=O) groups is 1. The molecule has 0 aliphatic heterocycles. The van der Waals surface area contributed by atoms with E-state index in [0.29, 0.717) is 17.7 Å². The summed E-state index contributed by atoms with van der Waals surface area (Å²) >= 11 is 0. The lowest BCUT2D eigenvalue weighted by atomic mass is 10.1. The van der Waals surface area contributed by atoms with Crippen molar-refractivity contribution in [2.45, 2.75) is 26.4 Å². The van der Waals surface area contributed by atoms with E-state index in [1.54, 1.807) is 25.1 Å². The summed E-state index contributed by atoms with van der Waals surface area (Å²) in [5.74, 6) is 0.334. The van der Waals surface area contributed by atoms with Crippen molar-refractivity contribution in [3.05, 3.63) is 86.9 Å². The van der Waals surface area contributed by atoms with Crippen LogP contribution in [0.3, 0.4) is 0 Å². The second kappa shape index (κ2) is 8.16. The average molecular weight is 405 g/mol. The highest BCUT2D eigenvalue weighted by Gasteiger charge is 2.17. The minimum atomic E-state index is -0.567. The highest BCUT2D eigenvalue weighted by atomic mass is 16.5. The number of benzene rings is 1. The second-order valence-electron chi connectivity index (χ2n) is 6.80. The molecule has 3 aromatic heterocycles. The van der Waals surface area contributed by atoms with E-state index in [4.69, 9.17) is 4.52 Å². The molecule has 0 spiro atoms. The van der Waals surface area contributed by atoms with Gasteiger partial charge in [0.25, 0.3) is 5.56 Å². The molecule has 0 aliphatic rings. The maximum Gasteiger partial charge on any atom is 0.332 e. The third-order valence-electron chi connectivity index (χ3n) is 4.65. The van der Waals surface area contributed by atoms with E-state index >= 15 is 0 Å². The third-order valence-corrected chi connectivity index (χ3v) is 4.65. The van der Waals surface area contributed by atoms with Crippen molar-refractivity contribution in [2.24, 2.45) is 0 Å². The Hall–Kier alpha value is -4.01. The Bertz CT molecular complexity index is 1320. The van der Waals surface area contributed by atoms with Gasteiger partial charge in [0.2, 0.25) is 5.91 Å². The fraction of sp³-hybridized carbons (Fsp3) is 0.190. The zero-order valence-corrected chi connectivity index (χ0v) is 16.2. The van der Waals surface area contributed by atoms with Crippen LogP contribution >= 0.6 is 0 Å². The van der Waals surface area contributed by atoms with E-state index in [1.807, 2.05) is 30.3 Å². The molecule has 9 heteroatoms. The first kappa shape index (κ1) is 19.3. The molecule has 0 saturated carbocycles. The number of hydrogen-bond acceptors (Lipinski definition) is 6. The number of nitrogens with one attached hydrogen (secondary N) is 1. The molecule has 1 N–H and O–H groups in total. The summed E-state index contributed by atoms with van der Waals surface area (Å²) in [6.45, 7) is 1.59. The summed E-state index contributed by atoms with van der Waals surface area (Å²) in [6, 6.07) is 14.3. The number of hydrogen-bond donors (Lipinski definition) is 1. The van der Waals surface area contributed by atoms with Gasteiger partial charge in [-0.1, -0.05) is 35.5 Å². The number of carbonyl (C=O) groups excluding carboxylic acids is 1. The van der Waals surface area contributed by atoms with Crippen LogP contribution in [0.2, 0.25) is 0 Å². The van der Waals surface area contributed by atoms with Crippen molar-refractivity contribution in [1.82, 2.24) is 19.3 Å². The van der Waals surface area contributed by atoms with Crippen LogP contribution < -0.4 is 16.6 Å². The lowest BCUT2D eigenvalue weighted by molar-refractivity contribution is -0.116. The number of pyridine rings is 1. The van der Waals surface area contributed by atoms with Crippen LogP contribution in [-0.4, -0.2) is 25.2 Å². The molecule has 152 valence electrons. The molecular weight excluding hydrogens is 386 g/mol. The van der Waals surface area contributed by atoms with Gasteiger partial charge < -0.3 is 9.84 Å². The number of nitrogens with zero attached hydrogens (tertiary/aromatic N) is 4. The van der Waals surface area contributed by atoms with E-state index in [0.717, 1.165) is 10.1 Å². The summed E-state index contributed by atoms with van der Waals surface area (Å²) < 4.78 is 7.30. The molecule has 4 aromatic rings. The molecule has 0 fully saturated rings. The number of anilines is 1. The summed E-state index contributed by atoms with van der Waals surface area (Å²) in [4.78, 5) is 42.6. The molecule has 1 amide bonds. The van der Waals surface area contributed by atoms with Crippen LogP contribution in [0.1, 0.15) is 11.3 Å². The van der Waals surface area contributed by atoms with Gasteiger partial charge in [-0.15, -0.1) is 0 Å². The second-order valence-corrected chi connectivity index (χ2v) is 6.80. The van der Waals surface area contributed by atoms with Crippen molar-refractivity contribution in [1.29, 1.82) is 0 Å². The first-order valence-electron chi connectivity index (χ1n) is 9.38. The van der Waals surface area contributed by atoms with Crippen LogP contribution in [0.4, 0.5) is 5.82 Å². The van der Waals surface area contributed by atoms with Crippen LogP contribution in [0.25, 0.3) is 11.0 Å². The van der Waals surface area contributed by atoms with Crippen molar-refractivity contribution in [3.8, 4) is 0 Å². The fourth-order valence-corrected chi connectivity index (χ4v) is 3.23. The van der Waals surface area contributed by atoms with E-state index < -0.39 is 17.2 Å². The normalized spacial score (nSPS) is 11.0. The molecular formula is C21H19N5O4. The van der Waals surface area contributed by atoms with Gasteiger partial charge in [0.05, 0.1) is 5.52 Å². The molecule has 0 unspecified atom stereocenters. The van der Waals surface area contributed by atoms with Crippen LogP contribution in [0.5, 0.6) is 0 Å². The van der Waals surface area contributed by atoms with E-state index in [9.17, 15) is 14.4 Å². The molecule has 3 heterocycles. The molecule has 4 rings (SSSR count). The first-order valence-corrected chi connectivity index (χ1v) is 9.38. The average Bonchev–Trinajstić information content (AvgIpc) is 3.16. The fourth-order valence-electron chi connectivity index (χ4n) is 3.23. The number of rotatable bonds is 6. The molecule has 0 saturated heterocycles. The highest BCUT2D eigenvalue weighted by Crippen LogP contribution is 2.09. The Morgan fingerprint density at radius 1 is 1.10 bits per heavy atom. The number of amides is 1. The van der Waals surface area contributed by atoms with Crippen LogP contribution in [0.15, 0.2) is 68.8 Å². The lowest BCUT2D eigenvalue weighted by Gasteiger charge is -2.13. The van der Waals surface area contributed by atoms with Crippen LogP contribution in [0, 0.1) is 6.92 Å². The largest absolute Gasteiger partial charge is 0.360 e. The zero-order valence-electron chi connectivity index (χ0n) is 16.2. The topological polar surface area (TPSA) is 112 Å². The van der Waals surface area contributed by atoms with Gasteiger partial charge in [0.15, 0.2) is 11.3 Å². The van der Waals surface area contributed by atoms with Gasteiger partial charge >= 0.3 is 5.69 Å². The SMILES string of the molecule is Cc1cc(NC(=O)Cn2c(=O)n(CCc3ccccc3)c(=O)c3ncccc32)no1. The third kappa shape index (κ3) is 3.90. The predicted molar refractivity (Wildman–Crippen MR) is 110 cm³/mol. The van der Waals surface area contributed by atoms with Gasteiger partial charge in [0, 0.05) is 18.8 Å². The van der Waals surface area contributed by atoms with E-state index in [2.05, 4.69) is 15.5 Å². The Morgan fingerprint density at radius 2 is 1.90 bits per heavy atom. The standard InChI is InChI=1S/C21H19N5O4/c1-14-12-17(24-30-14)23-18(27)13-26-16-8-5-10-22-19(16)20(28)25(21(26)29)11-9-15-6-3-2-4-7-15/h2-8,10,12H,9,11,13H2,1H3,(H,23,24,27). The van der Waals surface area contributed by atoms with Crippen molar-refractivity contribution < 1.29 is 9.32 Å². The monoisotopic (exact) mass is 405 g/mol. The highest BCUT2D eigenvalue weighted by molar-refractivity contribution is 5.90. The molecule has 0 atom stereocenters. The maximum atomic E-state index is 13.1. The summed E-state index contributed by atoms with van der Waals surface area (Å²) in [5, 5.41) is 6.30. The minimum Gasteiger partial charge on any atom is -0.360 e. The first-order chi connectivity index (χ1) is 14.5. The quantitative estimate of drug-likeness (QED) is 0.523. The zero-order chi connectivity index (χ0) is 21.1. The van der Waals surface area contributed by atoms with E-state index in [1.165, 1.54) is 10.8 Å².